The highest BCUT2D eigenvalue weighted by Gasteiger charge is 2.19. The van der Waals surface area contributed by atoms with Crippen LogP contribution < -0.4 is 10.1 Å². The van der Waals surface area contributed by atoms with Gasteiger partial charge in [-0.2, -0.15) is 0 Å². The van der Waals surface area contributed by atoms with Crippen LogP contribution in [0, 0.1) is 0 Å². The predicted molar refractivity (Wildman–Crippen MR) is 75.5 cm³/mol. The number of ether oxygens (including phenoxy) is 1. The average Bonchev–Trinajstić information content (AvgIpc) is 2.33. The summed E-state index contributed by atoms with van der Waals surface area (Å²) in [5.74, 6) is 0.468. The van der Waals surface area contributed by atoms with Crippen molar-refractivity contribution in [1.29, 1.82) is 0 Å². The number of fused-ring (bicyclic) bond motifs is 2. The molecule has 0 fully saturated rings. The van der Waals surface area contributed by atoms with Gasteiger partial charge in [0.05, 0.1) is 5.69 Å². The van der Waals surface area contributed by atoms with E-state index in [4.69, 9.17) is 16.3 Å². The molecule has 1 aromatic rings. The number of allylic oxidation sites excluding steroid dienone is 2. The van der Waals surface area contributed by atoms with Crippen LogP contribution >= 0.6 is 11.6 Å². The van der Waals surface area contributed by atoms with E-state index in [0.29, 0.717) is 22.0 Å². The predicted octanol–water partition coefficient (Wildman–Crippen LogP) is 3.48. The minimum atomic E-state index is -0.245. The van der Waals surface area contributed by atoms with Gasteiger partial charge < -0.3 is 10.1 Å². The number of anilines is 1. The molecule has 96 valence electrons. The molecule has 1 atom stereocenters. The van der Waals surface area contributed by atoms with Crippen molar-refractivity contribution in [2.45, 2.75) is 12.5 Å². The van der Waals surface area contributed by atoms with E-state index in [0.717, 1.165) is 6.42 Å². The lowest BCUT2D eigenvalue weighted by molar-refractivity contribution is -0.112. The van der Waals surface area contributed by atoms with Crippen LogP contribution in [0.3, 0.4) is 0 Å². The summed E-state index contributed by atoms with van der Waals surface area (Å²) in [4.78, 5) is 12.2. The number of rotatable bonds is 0. The van der Waals surface area contributed by atoms with Crippen LogP contribution in [-0.2, 0) is 4.79 Å². The van der Waals surface area contributed by atoms with E-state index >= 15 is 0 Å². The molecule has 0 spiro atoms. The third-order valence-electron chi connectivity index (χ3n) is 2.95. The fourth-order valence-electron chi connectivity index (χ4n) is 2.04. The van der Waals surface area contributed by atoms with Crippen LogP contribution in [0.2, 0.25) is 5.02 Å². The molecule has 0 saturated heterocycles. The normalized spacial score (nSPS) is 24.4. The van der Waals surface area contributed by atoms with Crippen LogP contribution in [0.4, 0.5) is 5.69 Å². The maximum absolute atomic E-state index is 12.2. The molecular formula is C15H12ClNO2. The first kappa shape index (κ1) is 12.1. The van der Waals surface area contributed by atoms with Gasteiger partial charge in [-0.3, -0.25) is 4.79 Å². The van der Waals surface area contributed by atoms with Gasteiger partial charge in [-0.15, -0.1) is 0 Å². The number of hydrogen-bond acceptors (Lipinski definition) is 2. The Morgan fingerprint density at radius 3 is 3.11 bits per heavy atom. The maximum atomic E-state index is 12.2. The topological polar surface area (TPSA) is 38.3 Å². The lowest BCUT2D eigenvalue weighted by atomic mass is 10.1. The summed E-state index contributed by atoms with van der Waals surface area (Å²) in [7, 11) is 0. The summed E-state index contributed by atoms with van der Waals surface area (Å²) in [6.07, 6.45) is 10.1. The van der Waals surface area contributed by atoms with E-state index in [9.17, 15) is 4.79 Å². The quantitative estimate of drug-likeness (QED) is 0.735. The van der Waals surface area contributed by atoms with Gasteiger partial charge >= 0.3 is 0 Å². The Hall–Kier alpha value is -2.00. The Morgan fingerprint density at radius 2 is 2.21 bits per heavy atom. The van der Waals surface area contributed by atoms with Crippen molar-refractivity contribution < 1.29 is 9.53 Å². The lowest BCUT2D eigenvalue weighted by Gasteiger charge is -2.21. The largest absolute Gasteiger partial charge is 0.480 e. The van der Waals surface area contributed by atoms with Crippen LogP contribution in [-0.4, -0.2) is 12.0 Å². The van der Waals surface area contributed by atoms with Crippen molar-refractivity contribution in [2.24, 2.45) is 0 Å². The molecular weight excluding hydrogens is 262 g/mol. The second-order valence-corrected chi connectivity index (χ2v) is 4.80. The minimum absolute atomic E-state index is 0.150. The van der Waals surface area contributed by atoms with Gasteiger partial charge in [-0.1, -0.05) is 29.8 Å². The van der Waals surface area contributed by atoms with Gasteiger partial charge in [0.2, 0.25) is 0 Å². The monoisotopic (exact) mass is 273 g/mol. The highest BCUT2D eigenvalue weighted by Crippen LogP contribution is 2.31. The second-order valence-electron chi connectivity index (χ2n) is 4.37. The van der Waals surface area contributed by atoms with Gasteiger partial charge in [0, 0.05) is 10.6 Å². The van der Waals surface area contributed by atoms with Crippen LogP contribution in [0.1, 0.15) is 6.42 Å². The molecule has 2 bridgehead atoms. The standard InChI is InChI=1S/C15H12ClNO2/c16-11-6-7-14-13(9-11)17-15(18)10-4-2-1-3-5-12(8-10)19-14/h2-9,12H,1H2,(H,17,18)/b4-2-,5-3-,10-8?. The molecule has 2 aliphatic rings. The van der Waals surface area contributed by atoms with Crippen molar-refractivity contribution in [3.8, 4) is 5.75 Å². The van der Waals surface area contributed by atoms with Crippen LogP contribution in [0.25, 0.3) is 0 Å². The van der Waals surface area contributed by atoms with E-state index in [-0.39, 0.29) is 12.0 Å². The molecule has 0 aromatic heterocycles. The van der Waals surface area contributed by atoms with Gasteiger partial charge in [0.1, 0.15) is 11.9 Å². The highest BCUT2D eigenvalue weighted by atomic mass is 35.5. The third kappa shape index (κ3) is 2.56. The Morgan fingerprint density at radius 1 is 1.32 bits per heavy atom. The van der Waals surface area contributed by atoms with Gasteiger partial charge in [-0.25, -0.2) is 0 Å². The van der Waals surface area contributed by atoms with Crippen molar-refractivity contribution in [2.75, 3.05) is 5.32 Å². The van der Waals surface area contributed by atoms with E-state index in [2.05, 4.69) is 5.32 Å². The molecule has 1 N–H and O–H groups in total. The molecule has 19 heavy (non-hydrogen) atoms. The molecule has 1 aromatic carbocycles. The third-order valence-corrected chi connectivity index (χ3v) is 3.19. The van der Waals surface area contributed by atoms with Crippen molar-refractivity contribution in [1.82, 2.24) is 0 Å². The summed E-state index contributed by atoms with van der Waals surface area (Å²) in [5.41, 5.74) is 1.19. The van der Waals surface area contributed by atoms with Crippen molar-refractivity contribution in [3.63, 3.8) is 0 Å². The molecule has 4 heteroatoms. The summed E-state index contributed by atoms with van der Waals surface area (Å²) in [6, 6.07) is 5.19. The molecule has 3 nitrogen and oxygen atoms in total. The second kappa shape index (κ2) is 4.94. The zero-order valence-electron chi connectivity index (χ0n) is 10.1. The molecule has 1 heterocycles. The first-order valence-electron chi connectivity index (χ1n) is 6.05. The summed E-state index contributed by atoms with van der Waals surface area (Å²) < 4.78 is 5.88. The number of amides is 1. The lowest BCUT2D eigenvalue weighted by Crippen LogP contribution is -2.22. The first-order chi connectivity index (χ1) is 9.22. The zero-order valence-corrected chi connectivity index (χ0v) is 10.9. The SMILES string of the molecule is O=C1Nc2cc(Cl)ccc2OC2C=C1/C=C\C/C=C\2. The number of hydrogen-bond donors (Lipinski definition) is 1. The first-order valence-corrected chi connectivity index (χ1v) is 6.43. The van der Waals surface area contributed by atoms with Gasteiger partial charge in [-0.05, 0) is 36.8 Å². The highest BCUT2D eigenvalue weighted by molar-refractivity contribution is 6.31. The zero-order chi connectivity index (χ0) is 13.2. The Kier molecular flexibility index (Phi) is 3.13. The van der Waals surface area contributed by atoms with Crippen molar-refractivity contribution in [3.05, 3.63) is 59.2 Å². The smallest absolute Gasteiger partial charge is 0.255 e. The molecule has 0 radical (unpaired) electrons. The van der Waals surface area contributed by atoms with Gasteiger partial charge in [0.15, 0.2) is 0 Å². The average molecular weight is 274 g/mol. The Balaban J connectivity index is 2.07. The van der Waals surface area contributed by atoms with Crippen LogP contribution in [0.15, 0.2) is 54.2 Å². The van der Waals surface area contributed by atoms with Crippen molar-refractivity contribution >= 4 is 23.2 Å². The van der Waals surface area contributed by atoms with E-state index < -0.39 is 0 Å². The maximum Gasteiger partial charge on any atom is 0.255 e. The van der Waals surface area contributed by atoms with E-state index in [1.54, 1.807) is 24.3 Å². The van der Waals surface area contributed by atoms with Gasteiger partial charge in [0.25, 0.3) is 5.91 Å². The summed E-state index contributed by atoms with van der Waals surface area (Å²) >= 11 is 5.95. The number of benzene rings is 1. The number of nitrogens with one attached hydrogen (secondary N) is 1. The summed E-state index contributed by atoms with van der Waals surface area (Å²) in [5, 5.41) is 3.37. The molecule has 1 amide bonds. The molecule has 1 aliphatic heterocycles. The Bertz CT molecular complexity index is 617. The number of carbonyl (C=O) groups is 1. The fourth-order valence-corrected chi connectivity index (χ4v) is 2.21. The molecule has 1 aliphatic carbocycles. The number of carbonyl (C=O) groups excluding carboxylic acids is 1. The van der Waals surface area contributed by atoms with E-state index in [1.165, 1.54) is 0 Å². The minimum Gasteiger partial charge on any atom is -0.480 e. The molecule has 1 unspecified atom stereocenters. The fraction of sp³-hybridized carbons (Fsp3) is 0.133. The molecule has 0 saturated carbocycles. The van der Waals surface area contributed by atoms with Crippen LogP contribution in [0.5, 0.6) is 5.75 Å². The Labute approximate surface area is 116 Å². The summed E-state index contributed by atoms with van der Waals surface area (Å²) in [6.45, 7) is 0. The van der Waals surface area contributed by atoms with E-state index in [1.807, 2.05) is 24.3 Å². The number of halogens is 1. The molecule has 3 rings (SSSR count).